The summed E-state index contributed by atoms with van der Waals surface area (Å²) in [6, 6.07) is 19.6. The van der Waals surface area contributed by atoms with Crippen LogP contribution < -0.4 is 10.1 Å². The summed E-state index contributed by atoms with van der Waals surface area (Å²) >= 11 is 0. The summed E-state index contributed by atoms with van der Waals surface area (Å²) in [5.74, 6) is 0.419. The Hall–Kier alpha value is -4.18. The molecule has 28 heavy (non-hydrogen) atoms. The van der Waals surface area contributed by atoms with Gasteiger partial charge in [0.1, 0.15) is 23.1 Å². The smallest absolute Gasteiger partial charge is 0.271 e. The number of carbonyl (C=O) groups excluding carboxylic acids is 1. The molecule has 3 aromatic carbocycles. The topological polar surface area (TPSA) is 105 Å². The highest BCUT2D eigenvalue weighted by molar-refractivity contribution is 6.04. The Kier molecular flexibility index (Phi) is 5.33. The summed E-state index contributed by atoms with van der Waals surface area (Å²) in [6.07, 6.45) is 0. The zero-order chi connectivity index (χ0) is 20.1. The number of hydrogen-bond acceptors (Lipinski definition) is 5. The number of rotatable bonds is 5. The van der Waals surface area contributed by atoms with E-state index in [9.17, 15) is 20.2 Å². The van der Waals surface area contributed by atoms with Crippen molar-refractivity contribution < 1.29 is 14.5 Å². The number of ether oxygens (including phenoxy) is 1. The van der Waals surface area contributed by atoms with E-state index < -0.39 is 4.92 Å². The normalized spacial score (nSPS) is 10.0. The van der Waals surface area contributed by atoms with Crippen LogP contribution >= 0.6 is 0 Å². The van der Waals surface area contributed by atoms with Gasteiger partial charge in [0, 0.05) is 23.4 Å². The lowest BCUT2D eigenvalue weighted by molar-refractivity contribution is -0.384. The molecule has 7 nitrogen and oxygen atoms in total. The van der Waals surface area contributed by atoms with Crippen LogP contribution in [0.15, 0.2) is 66.7 Å². The standard InChI is InChI=1S/C21H15N3O4/c1-14-3-2-4-15(11-14)21(25)23-17-5-8-19(9-6-17)28-20-10-7-18(24(26)27)12-16(20)13-22/h2-12H,1H3,(H,23,25). The molecule has 0 saturated heterocycles. The maximum atomic E-state index is 12.3. The van der Waals surface area contributed by atoms with Crippen LogP contribution in [0.2, 0.25) is 0 Å². The van der Waals surface area contributed by atoms with Crippen molar-refractivity contribution in [1.82, 2.24) is 0 Å². The van der Waals surface area contributed by atoms with E-state index in [1.165, 1.54) is 12.1 Å². The van der Waals surface area contributed by atoms with Gasteiger partial charge in [-0.05, 0) is 49.4 Å². The molecule has 0 atom stereocenters. The molecule has 0 saturated carbocycles. The molecule has 7 heteroatoms. The van der Waals surface area contributed by atoms with Crippen molar-refractivity contribution in [3.63, 3.8) is 0 Å². The monoisotopic (exact) mass is 373 g/mol. The van der Waals surface area contributed by atoms with Crippen molar-refractivity contribution in [3.05, 3.63) is 93.5 Å². The second kappa shape index (κ2) is 8.01. The zero-order valence-corrected chi connectivity index (χ0v) is 14.9. The number of nitrogens with one attached hydrogen (secondary N) is 1. The molecule has 0 radical (unpaired) electrons. The van der Waals surface area contributed by atoms with Crippen LogP contribution in [0.3, 0.4) is 0 Å². The number of benzene rings is 3. The first-order valence-electron chi connectivity index (χ1n) is 8.31. The van der Waals surface area contributed by atoms with Gasteiger partial charge in [0.25, 0.3) is 11.6 Å². The van der Waals surface area contributed by atoms with Gasteiger partial charge in [-0.1, -0.05) is 17.7 Å². The Labute approximate surface area is 161 Å². The lowest BCUT2D eigenvalue weighted by Crippen LogP contribution is -2.11. The molecule has 0 aliphatic heterocycles. The van der Waals surface area contributed by atoms with Gasteiger partial charge >= 0.3 is 0 Å². The fourth-order valence-corrected chi connectivity index (χ4v) is 2.53. The second-order valence-electron chi connectivity index (χ2n) is 6.00. The predicted octanol–water partition coefficient (Wildman–Crippen LogP) is 4.82. The number of nitrogens with zero attached hydrogens (tertiary/aromatic N) is 2. The minimum Gasteiger partial charge on any atom is -0.456 e. The van der Waals surface area contributed by atoms with Gasteiger partial charge in [-0.2, -0.15) is 5.26 Å². The van der Waals surface area contributed by atoms with Gasteiger partial charge < -0.3 is 10.1 Å². The molecule has 1 amide bonds. The molecule has 0 aliphatic rings. The minimum absolute atomic E-state index is 0.0611. The molecule has 0 fully saturated rings. The Bertz CT molecular complexity index is 1090. The third kappa shape index (κ3) is 4.31. The highest BCUT2D eigenvalue weighted by Crippen LogP contribution is 2.29. The van der Waals surface area contributed by atoms with E-state index >= 15 is 0 Å². The van der Waals surface area contributed by atoms with Crippen molar-refractivity contribution in [2.24, 2.45) is 0 Å². The maximum Gasteiger partial charge on any atom is 0.271 e. The zero-order valence-electron chi connectivity index (χ0n) is 14.9. The third-order valence-electron chi connectivity index (χ3n) is 3.91. The van der Waals surface area contributed by atoms with Crippen molar-refractivity contribution >= 4 is 17.3 Å². The van der Waals surface area contributed by atoms with Crippen LogP contribution in [0.4, 0.5) is 11.4 Å². The number of anilines is 1. The number of hydrogen-bond donors (Lipinski definition) is 1. The highest BCUT2D eigenvalue weighted by atomic mass is 16.6. The van der Waals surface area contributed by atoms with Crippen LogP contribution in [0.1, 0.15) is 21.5 Å². The Morgan fingerprint density at radius 2 is 1.86 bits per heavy atom. The summed E-state index contributed by atoms with van der Waals surface area (Å²) in [5, 5.41) is 22.8. The molecule has 3 rings (SSSR count). The second-order valence-corrected chi connectivity index (χ2v) is 6.00. The van der Waals surface area contributed by atoms with E-state index in [1.807, 2.05) is 25.1 Å². The van der Waals surface area contributed by atoms with Gasteiger partial charge in [0.15, 0.2) is 0 Å². The lowest BCUT2D eigenvalue weighted by Gasteiger charge is -2.09. The van der Waals surface area contributed by atoms with E-state index in [-0.39, 0.29) is 22.9 Å². The number of nitro benzene ring substituents is 1. The molecule has 138 valence electrons. The van der Waals surface area contributed by atoms with Crippen LogP contribution in [0, 0.1) is 28.4 Å². The van der Waals surface area contributed by atoms with Gasteiger partial charge in [-0.25, -0.2) is 0 Å². The summed E-state index contributed by atoms with van der Waals surface area (Å²) in [7, 11) is 0. The summed E-state index contributed by atoms with van der Waals surface area (Å²) < 4.78 is 5.64. The number of amides is 1. The number of carbonyl (C=O) groups is 1. The van der Waals surface area contributed by atoms with Gasteiger partial charge in [0.05, 0.1) is 4.92 Å². The van der Waals surface area contributed by atoms with E-state index in [0.717, 1.165) is 11.6 Å². The first kappa shape index (κ1) is 18.6. The van der Waals surface area contributed by atoms with E-state index in [1.54, 1.807) is 36.4 Å². The molecule has 0 aliphatic carbocycles. The summed E-state index contributed by atoms with van der Waals surface area (Å²) in [5.41, 5.74) is 2.02. The molecule has 0 bridgehead atoms. The fraction of sp³-hybridized carbons (Fsp3) is 0.0476. The van der Waals surface area contributed by atoms with Crippen molar-refractivity contribution in [2.45, 2.75) is 6.92 Å². The predicted molar refractivity (Wildman–Crippen MR) is 103 cm³/mol. The molecule has 1 N–H and O–H groups in total. The quantitative estimate of drug-likeness (QED) is 0.510. The molecular weight excluding hydrogens is 358 g/mol. The van der Waals surface area contributed by atoms with Crippen molar-refractivity contribution in [2.75, 3.05) is 5.32 Å². The molecule has 0 aromatic heterocycles. The molecule has 0 heterocycles. The maximum absolute atomic E-state index is 12.3. The third-order valence-corrected chi connectivity index (χ3v) is 3.91. The van der Waals surface area contributed by atoms with Gasteiger partial charge in [-0.15, -0.1) is 0 Å². The molecule has 0 unspecified atom stereocenters. The van der Waals surface area contributed by atoms with E-state index in [0.29, 0.717) is 17.0 Å². The van der Waals surface area contributed by atoms with Gasteiger partial charge in [0.2, 0.25) is 0 Å². The van der Waals surface area contributed by atoms with Crippen molar-refractivity contribution in [1.29, 1.82) is 5.26 Å². The van der Waals surface area contributed by atoms with E-state index in [2.05, 4.69) is 5.32 Å². The van der Waals surface area contributed by atoms with E-state index in [4.69, 9.17) is 4.74 Å². The number of nitro groups is 1. The minimum atomic E-state index is -0.573. The van der Waals surface area contributed by atoms with Crippen LogP contribution in [0.5, 0.6) is 11.5 Å². The average Bonchev–Trinajstić information content (AvgIpc) is 2.69. The first-order chi connectivity index (χ1) is 13.5. The van der Waals surface area contributed by atoms with Gasteiger partial charge in [-0.3, -0.25) is 14.9 Å². The molecule has 3 aromatic rings. The van der Waals surface area contributed by atoms with Crippen LogP contribution in [0.25, 0.3) is 0 Å². The van der Waals surface area contributed by atoms with Crippen molar-refractivity contribution in [3.8, 4) is 17.6 Å². The molecule has 0 spiro atoms. The highest BCUT2D eigenvalue weighted by Gasteiger charge is 2.12. The number of aryl methyl sites for hydroxylation is 1. The average molecular weight is 373 g/mol. The number of nitriles is 1. The number of non-ortho nitro benzene ring substituents is 1. The molecular formula is C21H15N3O4. The summed E-state index contributed by atoms with van der Waals surface area (Å²) in [6.45, 7) is 1.91. The fourth-order valence-electron chi connectivity index (χ4n) is 2.53. The summed E-state index contributed by atoms with van der Waals surface area (Å²) in [4.78, 5) is 22.5. The van der Waals surface area contributed by atoms with Crippen LogP contribution in [-0.2, 0) is 0 Å². The Balaban J connectivity index is 1.72. The Morgan fingerprint density at radius 3 is 2.50 bits per heavy atom. The SMILES string of the molecule is Cc1cccc(C(=O)Nc2ccc(Oc3ccc([N+](=O)[O-])cc3C#N)cc2)c1. The largest absolute Gasteiger partial charge is 0.456 e. The lowest BCUT2D eigenvalue weighted by atomic mass is 10.1. The first-order valence-corrected chi connectivity index (χ1v) is 8.31. The van der Waals surface area contributed by atoms with Crippen LogP contribution in [-0.4, -0.2) is 10.8 Å². The Morgan fingerprint density at radius 1 is 1.11 bits per heavy atom.